The lowest BCUT2D eigenvalue weighted by Crippen LogP contribution is -3.00. The average molecular weight is 424 g/mol. The molecule has 0 amide bonds. The van der Waals surface area contributed by atoms with Crippen molar-refractivity contribution in [3.63, 3.8) is 0 Å². The summed E-state index contributed by atoms with van der Waals surface area (Å²) in [6.07, 6.45) is 9.62. The van der Waals surface area contributed by atoms with Gasteiger partial charge < -0.3 is 21.5 Å². The van der Waals surface area contributed by atoms with Gasteiger partial charge in [0, 0.05) is 28.2 Å². The second-order valence-corrected chi connectivity index (χ2v) is 9.53. The molecule has 1 unspecified atom stereocenters. The molecule has 0 N–H and O–H groups in total. The highest BCUT2D eigenvalue weighted by molar-refractivity contribution is 7.13. The van der Waals surface area contributed by atoms with Crippen molar-refractivity contribution in [2.75, 3.05) is 14.1 Å². The monoisotopic (exact) mass is 423 g/mol. The van der Waals surface area contributed by atoms with E-state index >= 15 is 0 Å². The molecule has 0 aromatic carbocycles. The normalized spacial score (nSPS) is 28.0. The quantitative estimate of drug-likeness (QED) is 0.665. The topological polar surface area (TPSA) is 0 Å². The van der Waals surface area contributed by atoms with E-state index in [0.717, 1.165) is 18.0 Å². The molecule has 2 saturated heterocycles. The zero-order valence-electron chi connectivity index (χ0n) is 14.5. The molecule has 4 rings (SSSR count). The number of nitrogens with zero attached hydrogens (tertiary/aromatic N) is 1. The lowest BCUT2D eigenvalue weighted by atomic mass is 9.76. The van der Waals surface area contributed by atoms with Crippen molar-refractivity contribution in [1.82, 2.24) is 0 Å². The molecule has 2 bridgehead atoms. The highest BCUT2D eigenvalue weighted by Crippen LogP contribution is 2.42. The van der Waals surface area contributed by atoms with Crippen LogP contribution in [0.1, 0.15) is 41.9 Å². The predicted octanol–water partition coefficient (Wildman–Crippen LogP) is 2.65. The van der Waals surface area contributed by atoms with Gasteiger partial charge in [-0.2, -0.15) is 0 Å². The largest absolute Gasteiger partial charge is 1.00 e. The number of allylic oxidation sites excluding steroid dienone is 1. The van der Waals surface area contributed by atoms with Crippen LogP contribution in [0.2, 0.25) is 0 Å². The van der Waals surface area contributed by atoms with Gasteiger partial charge in [-0.3, -0.25) is 0 Å². The molecule has 0 aliphatic carbocycles. The number of piperidine rings is 2. The third-order valence-corrected chi connectivity index (χ3v) is 7.89. The first kappa shape index (κ1) is 18.4. The van der Waals surface area contributed by atoms with Gasteiger partial charge in [0.15, 0.2) is 0 Å². The van der Waals surface area contributed by atoms with E-state index in [4.69, 9.17) is 0 Å². The summed E-state index contributed by atoms with van der Waals surface area (Å²) in [4.78, 5) is 2.86. The van der Waals surface area contributed by atoms with Crippen LogP contribution in [0.5, 0.6) is 0 Å². The Bertz CT molecular complexity index is 620. The molecule has 0 spiro atoms. The molecule has 4 heteroatoms. The highest BCUT2D eigenvalue weighted by atomic mass is 79.9. The summed E-state index contributed by atoms with van der Waals surface area (Å²) in [7, 11) is 4.93. The maximum absolute atomic E-state index is 2.61. The fraction of sp³-hybridized carbons (Fsp3) is 0.500. The van der Waals surface area contributed by atoms with E-state index in [2.05, 4.69) is 55.2 Å². The second-order valence-electron chi connectivity index (χ2n) is 7.63. The van der Waals surface area contributed by atoms with Crippen LogP contribution in [-0.4, -0.2) is 30.7 Å². The van der Waals surface area contributed by atoms with E-state index in [0.29, 0.717) is 0 Å². The summed E-state index contributed by atoms with van der Waals surface area (Å²) in [6, 6.07) is 10.6. The van der Waals surface area contributed by atoms with Gasteiger partial charge in [0.25, 0.3) is 0 Å². The van der Waals surface area contributed by atoms with Crippen molar-refractivity contribution in [3.8, 4) is 0 Å². The van der Waals surface area contributed by atoms with Crippen molar-refractivity contribution >= 4 is 28.2 Å². The molecule has 2 aliphatic rings. The molecule has 2 aromatic rings. The minimum absolute atomic E-state index is 0. The van der Waals surface area contributed by atoms with E-state index in [1.807, 2.05) is 22.7 Å². The van der Waals surface area contributed by atoms with Gasteiger partial charge in [-0.25, -0.2) is 0 Å². The zero-order valence-corrected chi connectivity index (χ0v) is 17.7. The van der Waals surface area contributed by atoms with Crippen LogP contribution >= 0.6 is 22.7 Å². The van der Waals surface area contributed by atoms with Crippen LogP contribution < -0.4 is 17.0 Å². The van der Waals surface area contributed by atoms with Crippen LogP contribution in [0, 0.1) is 5.92 Å². The molecule has 1 nitrogen and oxygen atoms in total. The maximum atomic E-state index is 2.61. The molecule has 2 aliphatic heterocycles. The first-order valence-electron chi connectivity index (χ1n) is 8.77. The summed E-state index contributed by atoms with van der Waals surface area (Å²) in [5.41, 5.74) is 1.48. The third kappa shape index (κ3) is 3.44. The van der Waals surface area contributed by atoms with Gasteiger partial charge in [0.1, 0.15) is 0 Å². The second kappa shape index (κ2) is 7.45. The lowest BCUT2D eigenvalue weighted by Gasteiger charge is -2.53. The van der Waals surface area contributed by atoms with E-state index in [9.17, 15) is 0 Å². The van der Waals surface area contributed by atoms with Crippen LogP contribution in [0.4, 0.5) is 0 Å². The summed E-state index contributed by atoms with van der Waals surface area (Å²) < 4.78 is 1.26. The van der Waals surface area contributed by atoms with Crippen LogP contribution in [0.25, 0.3) is 5.57 Å². The number of thiophene rings is 2. The molecule has 0 radical (unpaired) electrons. The number of hydrogen-bond donors (Lipinski definition) is 0. The molecule has 24 heavy (non-hydrogen) atoms. The standard InChI is InChI=1S/C20H26NS2.BrH/c1-21(2)16-6-3-7-17(21)13-15(12-16)14-18(19-8-4-10-22-19)20-9-5-11-23-20;/h4-5,8-11,14-17H,3,6-7,12-13H2,1-2H3;1H/q+1;/p-1/t15?,16-,17+;. The molecule has 3 atom stereocenters. The maximum Gasteiger partial charge on any atom is 0.0894 e. The van der Waals surface area contributed by atoms with Crippen molar-refractivity contribution in [2.45, 2.75) is 44.2 Å². The van der Waals surface area contributed by atoms with Crippen molar-refractivity contribution in [2.24, 2.45) is 5.92 Å². The summed E-state index contributed by atoms with van der Waals surface area (Å²) in [5, 5.41) is 4.40. The fourth-order valence-corrected chi connectivity index (χ4v) is 6.24. The molecule has 0 saturated carbocycles. The zero-order chi connectivity index (χ0) is 15.9. The minimum atomic E-state index is 0. The van der Waals surface area contributed by atoms with E-state index in [1.54, 1.807) is 0 Å². The van der Waals surface area contributed by atoms with Crippen LogP contribution in [-0.2, 0) is 0 Å². The Hall–Kier alpha value is -0.420. The van der Waals surface area contributed by atoms with Gasteiger partial charge in [-0.1, -0.05) is 18.2 Å². The summed E-state index contributed by atoms with van der Waals surface area (Å²) in [6.45, 7) is 0. The van der Waals surface area contributed by atoms with Crippen LogP contribution in [0.15, 0.2) is 41.1 Å². The molecular formula is C20H26BrNS2. The van der Waals surface area contributed by atoms with Crippen LogP contribution in [0.3, 0.4) is 0 Å². The van der Waals surface area contributed by atoms with Crippen molar-refractivity contribution in [3.05, 3.63) is 50.9 Å². The van der Waals surface area contributed by atoms with Gasteiger partial charge in [0.05, 0.1) is 26.2 Å². The summed E-state index contributed by atoms with van der Waals surface area (Å²) >= 11 is 3.75. The molecule has 2 fully saturated rings. The Morgan fingerprint density at radius 1 is 1.00 bits per heavy atom. The number of quaternary nitrogens is 1. The summed E-state index contributed by atoms with van der Waals surface area (Å²) in [5.74, 6) is 0.746. The highest BCUT2D eigenvalue weighted by Gasteiger charge is 2.45. The first-order valence-corrected chi connectivity index (χ1v) is 10.5. The number of rotatable bonds is 3. The van der Waals surface area contributed by atoms with E-state index < -0.39 is 0 Å². The minimum Gasteiger partial charge on any atom is -1.00 e. The molecule has 130 valence electrons. The lowest BCUT2D eigenvalue weighted by molar-refractivity contribution is -0.950. The Labute approximate surface area is 164 Å². The smallest absolute Gasteiger partial charge is 0.0894 e. The predicted molar refractivity (Wildman–Crippen MR) is 102 cm³/mol. The molecular weight excluding hydrogens is 398 g/mol. The molecule has 4 heterocycles. The van der Waals surface area contributed by atoms with Gasteiger partial charge in [-0.15, -0.1) is 22.7 Å². The first-order chi connectivity index (χ1) is 11.1. The Morgan fingerprint density at radius 2 is 1.54 bits per heavy atom. The van der Waals surface area contributed by atoms with Gasteiger partial charge in [-0.05, 0) is 48.1 Å². The Kier molecular flexibility index (Phi) is 5.70. The number of hydrogen-bond acceptors (Lipinski definition) is 2. The Morgan fingerprint density at radius 3 is 2.00 bits per heavy atom. The average Bonchev–Trinajstić information content (AvgIpc) is 3.19. The fourth-order valence-electron chi connectivity index (χ4n) is 4.65. The van der Waals surface area contributed by atoms with Gasteiger partial charge >= 0.3 is 0 Å². The third-order valence-electron chi connectivity index (χ3n) is 6.08. The van der Waals surface area contributed by atoms with Crippen molar-refractivity contribution < 1.29 is 21.5 Å². The number of halogens is 1. The Balaban J connectivity index is 0.00000169. The number of fused-ring (bicyclic) bond motifs is 2. The van der Waals surface area contributed by atoms with Crippen molar-refractivity contribution in [1.29, 1.82) is 0 Å². The van der Waals surface area contributed by atoms with Gasteiger partial charge in [0.2, 0.25) is 0 Å². The SMILES string of the molecule is C[N+]1(C)[C@@H]2CCC[C@H]1CC(C=C(c1cccs1)c1cccs1)C2.[Br-]. The molecule has 2 aromatic heterocycles. The van der Waals surface area contributed by atoms with E-state index in [1.165, 1.54) is 51.9 Å². The van der Waals surface area contributed by atoms with E-state index in [-0.39, 0.29) is 17.0 Å².